The fourth-order valence-corrected chi connectivity index (χ4v) is 4.60. The normalized spacial score (nSPS) is 12.1. The molecule has 0 radical (unpaired) electrons. The first-order chi connectivity index (χ1) is 12.2. The lowest BCUT2D eigenvalue weighted by molar-refractivity contribution is 0.498. The van der Waals surface area contributed by atoms with Crippen molar-refractivity contribution < 1.29 is 8.42 Å². The molecule has 2 rings (SSSR count). The number of halogens is 2. The third-order valence-electron chi connectivity index (χ3n) is 3.54. The summed E-state index contributed by atoms with van der Waals surface area (Å²) < 4.78 is 27.3. The van der Waals surface area contributed by atoms with Crippen molar-refractivity contribution >= 4 is 45.0 Å². The summed E-state index contributed by atoms with van der Waals surface area (Å²) in [5.74, 6) is 1.79. The van der Waals surface area contributed by atoms with Crippen molar-refractivity contribution in [1.29, 1.82) is 0 Å². The lowest BCUT2D eigenvalue weighted by Crippen LogP contribution is -2.22. The zero-order valence-electron chi connectivity index (χ0n) is 14.9. The Morgan fingerprint density at radius 1 is 1.27 bits per heavy atom. The minimum absolute atomic E-state index is 0.0880. The molecular weight excluding hydrogens is 415 g/mol. The summed E-state index contributed by atoms with van der Waals surface area (Å²) in [6.07, 6.45) is 0.527. The first-order valence-corrected chi connectivity index (χ1v) is 11.6. The summed E-state index contributed by atoms with van der Waals surface area (Å²) >= 11 is 13.8. The van der Waals surface area contributed by atoms with E-state index in [0.29, 0.717) is 34.0 Å². The van der Waals surface area contributed by atoms with Crippen LogP contribution in [-0.4, -0.2) is 41.7 Å². The third kappa shape index (κ3) is 5.85. The first-order valence-electron chi connectivity index (χ1n) is 8.16. The van der Waals surface area contributed by atoms with E-state index in [9.17, 15) is 8.42 Å². The van der Waals surface area contributed by atoms with Crippen LogP contribution in [-0.2, 0) is 16.6 Å². The molecule has 144 valence electrons. The van der Waals surface area contributed by atoms with E-state index >= 15 is 0 Å². The molecule has 1 N–H and O–H groups in total. The molecule has 1 aromatic heterocycles. The Kier molecular flexibility index (Phi) is 7.78. The van der Waals surface area contributed by atoms with Crippen LogP contribution >= 0.6 is 35.0 Å². The second-order valence-electron chi connectivity index (χ2n) is 6.16. The fourth-order valence-electron chi connectivity index (χ4n) is 2.31. The molecule has 0 spiro atoms. The second kappa shape index (κ2) is 9.41. The fraction of sp³-hybridized carbons (Fsp3) is 0.500. The number of sulfonamides is 1. The summed E-state index contributed by atoms with van der Waals surface area (Å²) in [6, 6.07) is 5.29. The lowest BCUT2D eigenvalue weighted by Gasteiger charge is -2.13. The van der Waals surface area contributed by atoms with E-state index in [2.05, 4.69) is 28.8 Å². The molecule has 1 heterocycles. The Labute approximate surface area is 168 Å². The topological polar surface area (TPSA) is 76.9 Å². The highest BCUT2D eigenvalue weighted by molar-refractivity contribution is 7.99. The van der Waals surface area contributed by atoms with E-state index in [4.69, 9.17) is 23.2 Å². The van der Waals surface area contributed by atoms with Gasteiger partial charge in [-0.15, -0.1) is 10.2 Å². The van der Waals surface area contributed by atoms with Crippen LogP contribution in [0.1, 0.15) is 20.3 Å². The monoisotopic (exact) mass is 436 g/mol. The molecule has 1 aromatic carbocycles. The number of benzene rings is 1. The number of nitrogens with one attached hydrogen (secondary N) is 1. The summed E-state index contributed by atoms with van der Waals surface area (Å²) in [4.78, 5) is 0. The van der Waals surface area contributed by atoms with E-state index in [-0.39, 0.29) is 5.75 Å². The van der Waals surface area contributed by atoms with Crippen molar-refractivity contribution in [2.24, 2.45) is 5.92 Å². The van der Waals surface area contributed by atoms with E-state index in [1.807, 2.05) is 10.6 Å². The van der Waals surface area contributed by atoms with Crippen molar-refractivity contribution in [2.45, 2.75) is 32.0 Å². The molecular formula is C16H22Cl2N4O2S2. The number of hydrogen-bond acceptors (Lipinski definition) is 5. The molecule has 0 saturated carbocycles. The van der Waals surface area contributed by atoms with Crippen molar-refractivity contribution in [1.82, 2.24) is 19.5 Å². The van der Waals surface area contributed by atoms with E-state index in [1.54, 1.807) is 12.1 Å². The molecule has 26 heavy (non-hydrogen) atoms. The van der Waals surface area contributed by atoms with Crippen LogP contribution in [0, 0.1) is 5.92 Å². The maximum Gasteiger partial charge on any atom is 0.211 e. The molecule has 0 saturated heterocycles. The van der Waals surface area contributed by atoms with E-state index < -0.39 is 10.0 Å². The largest absolute Gasteiger partial charge is 0.302 e. The van der Waals surface area contributed by atoms with Crippen LogP contribution < -0.4 is 4.72 Å². The van der Waals surface area contributed by atoms with Crippen LogP contribution in [0.2, 0.25) is 10.0 Å². The number of thioether (sulfide) groups is 1. The van der Waals surface area contributed by atoms with Crippen LogP contribution in [0.4, 0.5) is 0 Å². The maximum absolute atomic E-state index is 11.5. The van der Waals surface area contributed by atoms with Gasteiger partial charge in [0.15, 0.2) is 11.0 Å². The second-order valence-corrected chi connectivity index (χ2v) is 10.1. The van der Waals surface area contributed by atoms with E-state index in [0.717, 1.165) is 17.3 Å². The van der Waals surface area contributed by atoms with Gasteiger partial charge < -0.3 is 4.57 Å². The molecule has 0 bridgehead atoms. The summed E-state index contributed by atoms with van der Waals surface area (Å²) in [5.41, 5.74) is 0.772. The predicted molar refractivity (Wildman–Crippen MR) is 109 cm³/mol. The van der Waals surface area contributed by atoms with Crippen molar-refractivity contribution in [3.8, 4) is 11.4 Å². The Morgan fingerprint density at radius 2 is 2.00 bits per heavy atom. The molecule has 0 aliphatic carbocycles. The minimum Gasteiger partial charge on any atom is -0.302 e. The van der Waals surface area contributed by atoms with Crippen LogP contribution in [0.5, 0.6) is 0 Å². The standard InChI is InChI=1S/C16H22Cl2N4O2S2/c1-11(2)10-22-15(13-6-5-12(17)9-14(13)18)20-21-16(22)25-7-4-8-26(23,24)19-3/h5-6,9,11,19H,4,7-8,10H2,1-3H3. The van der Waals surface area contributed by atoms with Crippen LogP contribution in [0.15, 0.2) is 23.4 Å². The summed E-state index contributed by atoms with van der Waals surface area (Å²) in [7, 11) is -1.77. The number of rotatable bonds is 9. The molecule has 0 aliphatic heterocycles. The number of aromatic nitrogens is 3. The van der Waals surface area contributed by atoms with Crippen LogP contribution in [0.25, 0.3) is 11.4 Å². The SMILES string of the molecule is CNS(=O)(=O)CCCSc1nnc(-c2ccc(Cl)cc2Cl)n1CC(C)C. The Morgan fingerprint density at radius 3 is 2.62 bits per heavy atom. The van der Waals surface area contributed by atoms with Gasteiger partial charge in [-0.1, -0.05) is 48.8 Å². The van der Waals surface area contributed by atoms with Gasteiger partial charge in [-0.3, -0.25) is 0 Å². The zero-order chi connectivity index (χ0) is 19.3. The summed E-state index contributed by atoms with van der Waals surface area (Å²) in [6.45, 7) is 4.96. The van der Waals surface area contributed by atoms with Gasteiger partial charge in [0, 0.05) is 22.9 Å². The smallest absolute Gasteiger partial charge is 0.211 e. The molecule has 0 atom stereocenters. The van der Waals surface area contributed by atoms with Gasteiger partial charge in [0.1, 0.15) is 0 Å². The number of nitrogens with zero attached hydrogens (tertiary/aromatic N) is 3. The van der Waals surface area contributed by atoms with Crippen molar-refractivity contribution in [2.75, 3.05) is 18.6 Å². The quantitative estimate of drug-likeness (QED) is 0.475. The molecule has 2 aromatic rings. The Hall–Kier alpha value is -0.800. The molecule has 10 heteroatoms. The average Bonchev–Trinajstić information content (AvgIpc) is 2.93. The van der Waals surface area contributed by atoms with E-state index in [1.165, 1.54) is 18.8 Å². The Bertz CT molecular complexity index is 854. The van der Waals surface area contributed by atoms with Gasteiger partial charge >= 0.3 is 0 Å². The van der Waals surface area contributed by atoms with Gasteiger partial charge in [-0.2, -0.15) is 0 Å². The lowest BCUT2D eigenvalue weighted by atomic mass is 10.2. The highest BCUT2D eigenvalue weighted by Gasteiger charge is 2.18. The first kappa shape index (κ1) is 21.5. The highest BCUT2D eigenvalue weighted by atomic mass is 35.5. The Balaban J connectivity index is 2.21. The summed E-state index contributed by atoms with van der Waals surface area (Å²) in [5, 5.41) is 10.4. The van der Waals surface area contributed by atoms with Gasteiger partial charge in [-0.05, 0) is 37.6 Å². The van der Waals surface area contributed by atoms with Crippen molar-refractivity contribution in [3.05, 3.63) is 28.2 Å². The van der Waals surface area contributed by atoms with Gasteiger partial charge in [0.25, 0.3) is 0 Å². The molecule has 0 aliphatic rings. The maximum atomic E-state index is 11.5. The average molecular weight is 437 g/mol. The third-order valence-corrected chi connectivity index (χ3v) is 6.59. The zero-order valence-corrected chi connectivity index (χ0v) is 18.0. The predicted octanol–water partition coefficient (Wildman–Crippen LogP) is 3.94. The molecule has 0 unspecified atom stereocenters. The van der Waals surface area contributed by atoms with Crippen LogP contribution in [0.3, 0.4) is 0 Å². The molecule has 0 fully saturated rings. The minimum atomic E-state index is -3.19. The highest BCUT2D eigenvalue weighted by Crippen LogP contribution is 2.32. The number of hydrogen-bond donors (Lipinski definition) is 1. The molecule has 0 amide bonds. The van der Waals surface area contributed by atoms with Gasteiger partial charge in [0.2, 0.25) is 10.0 Å². The van der Waals surface area contributed by atoms with Gasteiger partial charge in [0.05, 0.1) is 10.8 Å². The van der Waals surface area contributed by atoms with Crippen molar-refractivity contribution in [3.63, 3.8) is 0 Å². The molecule has 6 nitrogen and oxygen atoms in total. The van der Waals surface area contributed by atoms with Gasteiger partial charge in [-0.25, -0.2) is 13.1 Å².